The number of hydrogen-bond acceptors (Lipinski definition) is 5. The van der Waals surface area contributed by atoms with Gasteiger partial charge in [0, 0.05) is 48.2 Å². The number of rotatable bonds is 8. The summed E-state index contributed by atoms with van der Waals surface area (Å²) in [6.07, 6.45) is 0.862. The van der Waals surface area contributed by atoms with Crippen LogP contribution in [0.25, 0.3) is 11.0 Å². The highest BCUT2D eigenvalue weighted by Gasteiger charge is 2.22. The van der Waals surface area contributed by atoms with Crippen molar-refractivity contribution in [3.63, 3.8) is 0 Å². The predicted octanol–water partition coefficient (Wildman–Crippen LogP) is 4.24. The fourth-order valence-electron chi connectivity index (χ4n) is 3.44. The highest BCUT2D eigenvalue weighted by atomic mass is 16.5. The number of aromatic nitrogens is 1. The van der Waals surface area contributed by atoms with Gasteiger partial charge in [-0.2, -0.15) is 0 Å². The number of hydrogen-bond donors (Lipinski definition) is 0. The smallest absolute Gasteiger partial charge is 0.375 e. The van der Waals surface area contributed by atoms with Gasteiger partial charge in [-0.3, -0.25) is 4.79 Å². The molecule has 1 aromatic carbocycles. The van der Waals surface area contributed by atoms with Crippen molar-refractivity contribution in [3.05, 3.63) is 58.6 Å². The fraction of sp³-hybridized carbons (Fsp3) is 0.364. The number of furan rings is 1. The molecular formula is C22H25NO5. The maximum absolute atomic E-state index is 12.6. The van der Waals surface area contributed by atoms with Crippen LogP contribution in [0.4, 0.5) is 0 Å². The van der Waals surface area contributed by atoms with Crippen molar-refractivity contribution in [1.82, 2.24) is 4.57 Å². The van der Waals surface area contributed by atoms with Gasteiger partial charge in [0.15, 0.2) is 6.61 Å². The van der Waals surface area contributed by atoms with E-state index >= 15 is 0 Å². The van der Waals surface area contributed by atoms with Crippen molar-refractivity contribution in [2.24, 2.45) is 0 Å². The van der Waals surface area contributed by atoms with E-state index in [4.69, 9.17) is 13.9 Å². The normalized spacial score (nSPS) is 11.1. The van der Waals surface area contributed by atoms with E-state index in [1.54, 1.807) is 20.1 Å². The first-order chi connectivity index (χ1) is 13.4. The second-order valence-corrected chi connectivity index (χ2v) is 6.83. The average molecular weight is 383 g/mol. The van der Waals surface area contributed by atoms with E-state index in [2.05, 4.69) is 4.57 Å². The highest BCUT2D eigenvalue weighted by molar-refractivity contribution is 6.01. The highest BCUT2D eigenvalue weighted by Crippen LogP contribution is 2.25. The summed E-state index contributed by atoms with van der Waals surface area (Å²) in [6, 6.07) is 9.24. The third-order valence-corrected chi connectivity index (χ3v) is 4.97. The van der Waals surface area contributed by atoms with E-state index in [1.807, 2.05) is 38.1 Å². The number of aryl methyl sites for hydroxylation is 2. The van der Waals surface area contributed by atoms with Crippen molar-refractivity contribution >= 4 is 22.7 Å². The van der Waals surface area contributed by atoms with E-state index in [-0.39, 0.29) is 18.2 Å². The monoisotopic (exact) mass is 383 g/mol. The Labute approximate surface area is 164 Å². The van der Waals surface area contributed by atoms with Crippen LogP contribution in [0.3, 0.4) is 0 Å². The zero-order valence-corrected chi connectivity index (χ0v) is 16.7. The summed E-state index contributed by atoms with van der Waals surface area (Å²) < 4.78 is 18.0. The summed E-state index contributed by atoms with van der Waals surface area (Å²) in [4.78, 5) is 25.0. The lowest BCUT2D eigenvalue weighted by Crippen LogP contribution is -2.15. The van der Waals surface area contributed by atoms with Gasteiger partial charge in [-0.05, 0) is 39.3 Å². The van der Waals surface area contributed by atoms with Crippen LogP contribution >= 0.6 is 0 Å². The van der Waals surface area contributed by atoms with Gasteiger partial charge in [0.2, 0.25) is 11.5 Å². The molecule has 148 valence electrons. The van der Waals surface area contributed by atoms with E-state index in [9.17, 15) is 9.59 Å². The van der Waals surface area contributed by atoms with Gasteiger partial charge in [0.1, 0.15) is 5.58 Å². The van der Waals surface area contributed by atoms with Crippen LogP contribution < -0.4 is 0 Å². The van der Waals surface area contributed by atoms with Crippen molar-refractivity contribution in [2.45, 2.75) is 33.7 Å². The second-order valence-electron chi connectivity index (χ2n) is 6.83. The molecule has 0 fully saturated rings. The van der Waals surface area contributed by atoms with Gasteiger partial charge in [0.05, 0.1) is 0 Å². The van der Waals surface area contributed by atoms with Crippen LogP contribution in [0.5, 0.6) is 0 Å². The number of Topliss-reactive ketones (excluding diaryl/α,β-unsaturated/α-hetero) is 1. The van der Waals surface area contributed by atoms with Crippen molar-refractivity contribution in [1.29, 1.82) is 0 Å². The maximum atomic E-state index is 12.6. The Hall–Kier alpha value is -2.86. The Kier molecular flexibility index (Phi) is 5.99. The van der Waals surface area contributed by atoms with E-state index in [0.29, 0.717) is 23.3 Å². The average Bonchev–Trinajstić information content (AvgIpc) is 3.17. The molecule has 0 spiro atoms. The first-order valence-electron chi connectivity index (χ1n) is 9.28. The number of para-hydroxylation sites is 1. The minimum absolute atomic E-state index is 0.138. The predicted molar refractivity (Wildman–Crippen MR) is 106 cm³/mol. The number of ether oxygens (including phenoxy) is 2. The number of carbonyl (C=O) groups excluding carboxylic acids is 2. The summed E-state index contributed by atoms with van der Waals surface area (Å²) in [7, 11) is 1.67. The fourth-order valence-corrected chi connectivity index (χ4v) is 3.44. The minimum atomic E-state index is -0.629. The van der Waals surface area contributed by atoms with Crippen LogP contribution in [0.1, 0.15) is 44.3 Å². The number of fused-ring (bicyclic) bond motifs is 1. The Balaban J connectivity index is 1.69. The second kappa shape index (κ2) is 8.44. The van der Waals surface area contributed by atoms with Crippen LogP contribution in [0.2, 0.25) is 0 Å². The molecule has 0 bridgehead atoms. The number of methoxy groups -OCH3 is 1. The molecule has 6 nitrogen and oxygen atoms in total. The summed E-state index contributed by atoms with van der Waals surface area (Å²) >= 11 is 0. The molecule has 2 aromatic heterocycles. The Morgan fingerprint density at radius 1 is 1.14 bits per heavy atom. The van der Waals surface area contributed by atoms with Gasteiger partial charge < -0.3 is 18.5 Å². The molecule has 0 aliphatic carbocycles. The molecule has 0 aliphatic rings. The third kappa shape index (κ3) is 3.87. The lowest BCUT2D eigenvalue weighted by molar-refractivity contribution is 0.0445. The number of nitrogens with zero attached hydrogens (tertiary/aromatic N) is 1. The third-order valence-electron chi connectivity index (χ3n) is 4.97. The summed E-state index contributed by atoms with van der Waals surface area (Å²) in [6.45, 7) is 6.78. The van der Waals surface area contributed by atoms with Crippen LogP contribution in [-0.2, 0) is 16.0 Å². The van der Waals surface area contributed by atoms with Gasteiger partial charge in [-0.25, -0.2) is 4.79 Å². The molecule has 0 unspecified atom stereocenters. The summed E-state index contributed by atoms with van der Waals surface area (Å²) in [5.41, 5.74) is 3.78. The number of benzene rings is 1. The lowest BCUT2D eigenvalue weighted by Gasteiger charge is -2.09. The Bertz CT molecular complexity index is 1010. The number of carbonyl (C=O) groups is 2. The largest absolute Gasteiger partial charge is 0.451 e. The Morgan fingerprint density at radius 3 is 2.61 bits per heavy atom. The first-order valence-corrected chi connectivity index (χ1v) is 9.28. The standard InChI is InChI=1S/C22H25NO5/c1-14-12-18(16(3)23(14)10-7-11-26-4)19(24)13-27-22(25)21-15(2)17-8-5-6-9-20(17)28-21/h5-6,8-9,12H,7,10-11,13H2,1-4H3. The zero-order chi connectivity index (χ0) is 20.3. The van der Waals surface area contributed by atoms with E-state index in [0.717, 1.165) is 29.7 Å². The summed E-state index contributed by atoms with van der Waals surface area (Å²) in [5, 5.41) is 0.861. The molecule has 6 heteroatoms. The maximum Gasteiger partial charge on any atom is 0.375 e. The molecule has 0 atom stereocenters. The molecule has 3 aromatic rings. The zero-order valence-electron chi connectivity index (χ0n) is 16.7. The molecule has 0 N–H and O–H groups in total. The first kappa shape index (κ1) is 19.9. The minimum Gasteiger partial charge on any atom is -0.451 e. The van der Waals surface area contributed by atoms with Gasteiger partial charge in [-0.1, -0.05) is 18.2 Å². The van der Waals surface area contributed by atoms with E-state index < -0.39 is 5.97 Å². The summed E-state index contributed by atoms with van der Waals surface area (Å²) in [5.74, 6) is -0.719. The van der Waals surface area contributed by atoms with Crippen molar-refractivity contribution in [2.75, 3.05) is 20.3 Å². The lowest BCUT2D eigenvalue weighted by atomic mass is 10.1. The van der Waals surface area contributed by atoms with Crippen LogP contribution in [0, 0.1) is 20.8 Å². The van der Waals surface area contributed by atoms with Crippen LogP contribution in [-0.4, -0.2) is 36.6 Å². The number of esters is 1. The van der Waals surface area contributed by atoms with Crippen molar-refractivity contribution in [3.8, 4) is 0 Å². The SMILES string of the molecule is COCCCn1c(C)cc(C(=O)COC(=O)c2oc3ccccc3c2C)c1C. The number of ketones is 1. The van der Waals surface area contributed by atoms with Crippen molar-refractivity contribution < 1.29 is 23.5 Å². The molecule has 0 amide bonds. The molecule has 2 heterocycles. The molecular weight excluding hydrogens is 358 g/mol. The van der Waals surface area contributed by atoms with Gasteiger partial charge in [0.25, 0.3) is 0 Å². The molecule has 0 aliphatic heterocycles. The quantitative estimate of drug-likeness (QED) is 0.331. The topological polar surface area (TPSA) is 70.7 Å². The molecule has 28 heavy (non-hydrogen) atoms. The Morgan fingerprint density at radius 2 is 1.89 bits per heavy atom. The molecule has 0 saturated carbocycles. The van der Waals surface area contributed by atoms with Gasteiger partial charge in [-0.15, -0.1) is 0 Å². The molecule has 0 saturated heterocycles. The van der Waals surface area contributed by atoms with E-state index in [1.165, 1.54) is 0 Å². The van der Waals surface area contributed by atoms with Crippen LogP contribution in [0.15, 0.2) is 34.7 Å². The van der Waals surface area contributed by atoms with Gasteiger partial charge >= 0.3 is 5.97 Å². The molecule has 3 rings (SSSR count). The molecule has 0 radical (unpaired) electrons.